The number of fused-ring (bicyclic) bond motifs is 2. The number of nitrogens with one attached hydrogen (secondary N) is 1. The molecule has 3 atom stereocenters. The molecule has 0 spiro atoms. The molecule has 96 valence electrons. The van der Waals surface area contributed by atoms with Gasteiger partial charge in [0.15, 0.2) is 0 Å². The number of likely N-dealkylation sites (tertiary alicyclic amines) is 1. The predicted octanol–water partition coefficient (Wildman–Crippen LogP) is 1.92. The van der Waals surface area contributed by atoms with Gasteiger partial charge in [0.25, 0.3) is 0 Å². The zero-order chi connectivity index (χ0) is 11.7. The van der Waals surface area contributed by atoms with E-state index in [4.69, 9.17) is 0 Å². The number of carbonyl (C=O) groups is 1. The molecule has 0 radical (unpaired) electrons. The second kappa shape index (κ2) is 4.97. The maximum Gasteiger partial charge on any atom is 0.227 e. The van der Waals surface area contributed by atoms with E-state index in [-0.39, 0.29) is 0 Å². The molecule has 3 saturated heterocycles. The first-order valence-corrected chi connectivity index (χ1v) is 7.39. The van der Waals surface area contributed by atoms with Crippen LogP contribution in [-0.4, -0.2) is 36.0 Å². The Morgan fingerprint density at radius 2 is 1.71 bits per heavy atom. The van der Waals surface area contributed by atoms with Gasteiger partial charge in [0.05, 0.1) is 5.92 Å². The minimum atomic E-state index is 0.299. The van der Waals surface area contributed by atoms with Gasteiger partial charge >= 0.3 is 0 Å². The van der Waals surface area contributed by atoms with Crippen molar-refractivity contribution in [1.29, 1.82) is 0 Å². The van der Waals surface area contributed by atoms with Crippen LogP contribution in [0.2, 0.25) is 0 Å². The molecule has 3 fully saturated rings. The van der Waals surface area contributed by atoms with Crippen molar-refractivity contribution in [3.8, 4) is 0 Å². The minimum absolute atomic E-state index is 0.299. The summed E-state index contributed by atoms with van der Waals surface area (Å²) >= 11 is 0. The van der Waals surface area contributed by atoms with Crippen LogP contribution in [0.25, 0.3) is 0 Å². The number of nitrogens with zero attached hydrogens (tertiary/aromatic N) is 1. The lowest BCUT2D eigenvalue weighted by atomic mass is 9.88. The normalized spacial score (nSPS) is 37.9. The largest absolute Gasteiger partial charge is 0.342 e. The molecular formula is C14H24N2O. The third kappa shape index (κ3) is 2.35. The Bertz CT molecular complexity index is 284. The molecule has 0 aromatic heterocycles. The fourth-order valence-corrected chi connectivity index (χ4v) is 3.80. The fourth-order valence-electron chi connectivity index (χ4n) is 3.80. The van der Waals surface area contributed by atoms with Crippen LogP contribution in [-0.2, 0) is 4.79 Å². The van der Waals surface area contributed by atoms with E-state index in [2.05, 4.69) is 10.2 Å². The Morgan fingerprint density at radius 1 is 1.00 bits per heavy atom. The summed E-state index contributed by atoms with van der Waals surface area (Å²) in [6.07, 6.45) is 9.98. The molecule has 3 aliphatic heterocycles. The summed E-state index contributed by atoms with van der Waals surface area (Å²) in [5.74, 6) is 0.750. The van der Waals surface area contributed by atoms with Crippen LogP contribution >= 0.6 is 0 Å². The molecule has 3 heteroatoms. The van der Waals surface area contributed by atoms with E-state index >= 15 is 0 Å². The van der Waals surface area contributed by atoms with Crippen molar-refractivity contribution in [3.05, 3.63) is 0 Å². The number of carbonyl (C=O) groups excluding carboxylic acids is 1. The maximum atomic E-state index is 12.5. The molecule has 3 nitrogen and oxygen atoms in total. The lowest BCUT2D eigenvalue weighted by Crippen LogP contribution is -2.42. The summed E-state index contributed by atoms with van der Waals surface area (Å²) in [5, 5.41) is 3.58. The van der Waals surface area contributed by atoms with Crippen molar-refractivity contribution in [2.45, 2.75) is 63.5 Å². The van der Waals surface area contributed by atoms with Crippen molar-refractivity contribution in [2.24, 2.45) is 5.92 Å². The second-order valence-corrected chi connectivity index (χ2v) is 5.98. The van der Waals surface area contributed by atoms with Gasteiger partial charge in [-0.15, -0.1) is 0 Å². The van der Waals surface area contributed by atoms with E-state index in [1.807, 2.05) is 0 Å². The zero-order valence-corrected chi connectivity index (χ0v) is 10.7. The van der Waals surface area contributed by atoms with Gasteiger partial charge in [0, 0.05) is 25.2 Å². The smallest absolute Gasteiger partial charge is 0.227 e. The Balaban J connectivity index is 1.60. The Labute approximate surface area is 104 Å². The summed E-state index contributed by atoms with van der Waals surface area (Å²) in [6, 6.07) is 1.14. The van der Waals surface area contributed by atoms with Crippen molar-refractivity contribution >= 4 is 5.91 Å². The molecule has 1 amide bonds. The van der Waals surface area contributed by atoms with Crippen LogP contribution in [0.3, 0.4) is 0 Å². The average molecular weight is 236 g/mol. The zero-order valence-electron chi connectivity index (χ0n) is 10.7. The van der Waals surface area contributed by atoms with Crippen LogP contribution in [0.4, 0.5) is 0 Å². The Hall–Kier alpha value is -0.570. The molecule has 1 N–H and O–H groups in total. The lowest BCUT2D eigenvalue weighted by Gasteiger charge is -2.30. The van der Waals surface area contributed by atoms with E-state index in [0.717, 1.165) is 19.5 Å². The summed E-state index contributed by atoms with van der Waals surface area (Å²) in [7, 11) is 0. The van der Waals surface area contributed by atoms with Gasteiger partial charge in [-0.3, -0.25) is 4.79 Å². The quantitative estimate of drug-likeness (QED) is 0.754. The highest BCUT2D eigenvalue weighted by Crippen LogP contribution is 2.34. The SMILES string of the molecule is O=C(C1CC2CCC1N2)N1CCCCCCC1. The molecule has 2 bridgehead atoms. The molecule has 0 aromatic rings. The third-order valence-electron chi connectivity index (χ3n) is 4.78. The first kappa shape index (κ1) is 11.5. The monoisotopic (exact) mass is 236 g/mol. The number of hydrogen-bond acceptors (Lipinski definition) is 2. The topological polar surface area (TPSA) is 32.3 Å². The van der Waals surface area contributed by atoms with Gasteiger partial charge in [-0.25, -0.2) is 0 Å². The molecule has 3 rings (SSSR count). The van der Waals surface area contributed by atoms with E-state index < -0.39 is 0 Å². The predicted molar refractivity (Wildman–Crippen MR) is 67.7 cm³/mol. The molecule has 3 heterocycles. The van der Waals surface area contributed by atoms with Crippen LogP contribution in [0.15, 0.2) is 0 Å². The van der Waals surface area contributed by atoms with Gasteiger partial charge in [0.1, 0.15) is 0 Å². The summed E-state index contributed by atoms with van der Waals surface area (Å²) < 4.78 is 0. The lowest BCUT2D eigenvalue weighted by molar-refractivity contribution is -0.136. The fraction of sp³-hybridized carbons (Fsp3) is 0.929. The first-order chi connectivity index (χ1) is 8.34. The van der Waals surface area contributed by atoms with E-state index in [9.17, 15) is 4.79 Å². The number of hydrogen-bond donors (Lipinski definition) is 1. The van der Waals surface area contributed by atoms with Crippen molar-refractivity contribution in [2.75, 3.05) is 13.1 Å². The highest BCUT2D eigenvalue weighted by atomic mass is 16.2. The van der Waals surface area contributed by atoms with Crippen molar-refractivity contribution in [3.63, 3.8) is 0 Å². The molecule has 17 heavy (non-hydrogen) atoms. The van der Waals surface area contributed by atoms with Crippen molar-refractivity contribution < 1.29 is 4.79 Å². The van der Waals surface area contributed by atoms with E-state index in [0.29, 0.717) is 23.9 Å². The number of rotatable bonds is 1. The molecule has 3 unspecified atom stereocenters. The second-order valence-electron chi connectivity index (χ2n) is 5.98. The van der Waals surface area contributed by atoms with Crippen molar-refractivity contribution in [1.82, 2.24) is 10.2 Å². The highest BCUT2D eigenvalue weighted by molar-refractivity contribution is 5.80. The van der Waals surface area contributed by atoms with Crippen LogP contribution in [0.5, 0.6) is 0 Å². The van der Waals surface area contributed by atoms with Gasteiger partial charge < -0.3 is 10.2 Å². The number of amides is 1. The molecule has 3 aliphatic rings. The summed E-state index contributed by atoms with van der Waals surface area (Å²) in [5.41, 5.74) is 0. The van der Waals surface area contributed by atoms with E-state index in [1.54, 1.807) is 0 Å². The van der Waals surface area contributed by atoms with Gasteiger partial charge in [-0.1, -0.05) is 19.3 Å². The molecule has 0 aliphatic carbocycles. The average Bonchev–Trinajstić information content (AvgIpc) is 2.89. The maximum absolute atomic E-state index is 12.5. The van der Waals surface area contributed by atoms with Crippen LogP contribution in [0, 0.1) is 5.92 Å². The van der Waals surface area contributed by atoms with E-state index in [1.165, 1.54) is 44.9 Å². The highest BCUT2D eigenvalue weighted by Gasteiger charge is 2.43. The third-order valence-corrected chi connectivity index (χ3v) is 4.78. The van der Waals surface area contributed by atoms with Crippen LogP contribution in [0.1, 0.15) is 51.4 Å². The standard InChI is InChI=1S/C14H24N2O/c17-14(12-10-11-6-7-13(12)15-11)16-8-4-2-1-3-5-9-16/h11-13,15H,1-10H2. The minimum Gasteiger partial charge on any atom is -0.342 e. The Morgan fingerprint density at radius 3 is 2.29 bits per heavy atom. The van der Waals surface area contributed by atoms with Gasteiger partial charge in [-0.05, 0) is 32.1 Å². The Kier molecular flexibility index (Phi) is 3.37. The molecule has 0 aromatic carbocycles. The van der Waals surface area contributed by atoms with Gasteiger partial charge in [0.2, 0.25) is 5.91 Å². The molecular weight excluding hydrogens is 212 g/mol. The summed E-state index contributed by atoms with van der Waals surface area (Å²) in [6.45, 7) is 2.01. The first-order valence-electron chi connectivity index (χ1n) is 7.39. The molecule has 0 saturated carbocycles. The van der Waals surface area contributed by atoms with Crippen LogP contribution < -0.4 is 5.32 Å². The summed E-state index contributed by atoms with van der Waals surface area (Å²) in [4.78, 5) is 14.7. The van der Waals surface area contributed by atoms with Gasteiger partial charge in [-0.2, -0.15) is 0 Å².